The Morgan fingerprint density at radius 3 is 2.18 bits per heavy atom. The Bertz CT molecular complexity index is 319. The van der Waals surface area contributed by atoms with Gasteiger partial charge in [-0.15, -0.1) is 0 Å². The summed E-state index contributed by atoms with van der Waals surface area (Å²) >= 11 is 0. The standard InChI is InChI=1S/C14H24N2O/c1-4-13(5-2)16(3)10-14(17)11-6-8-12(15)9-7-11/h6-9,13-14,17H,4-5,10,15H2,1-3H3. The first-order valence-electron chi connectivity index (χ1n) is 6.32. The third kappa shape index (κ3) is 4.02. The lowest BCUT2D eigenvalue weighted by molar-refractivity contribution is 0.101. The molecule has 1 atom stereocenters. The van der Waals surface area contributed by atoms with E-state index >= 15 is 0 Å². The molecule has 0 bridgehead atoms. The lowest BCUT2D eigenvalue weighted by Crippen LogP contribution is -2.34. The predicted octanol–water partition coefficient (Wildman–Crippen LogP) is 2.42. The molecule has 0 aliphatic rings. The molecule has 3 heteroatoms. The molecule has 3 N–H and O–H groups in total. The average Bonchev–Trinajstić information content (AvgIpc) is 2.31. The van der Waals surface area contributed by atoms with Gasteiger partial charge in [-0.05, 0) is 37.6 Å². The second-order valence-corrected chi connectivity index (χ2v) is 4.59. The van der Waals surface area contributed by atoms with Crippen LogP contribution in [0.25, 0.3) is 0 Å². The first-order valence-corrected chi connectivity index (χ1v) is 6.32. The summed E-state index contributed by atoms with van der Waals surface area (Å²) in [6.45, 7) is 5.02. The van der Waals surface area contributed by atoms with Crippen LogP contribution in [0.5, 0.6) is 0 Å². The maximum Gasteiger partial charge on any atom is 0.0916 e. The molecule has 3 nitrogen and oxygen atoms in total. The molecular formula is C14H24N2O. The summed E-state index contributed by atoms with van der Waals surface area (Å²) in [5.74, 6) is 0. The fourth-order valence-corrected chi connectivity index (χ4v) is 2.16. The number of nitrogen functional groups attached to an aromatic ring is 1. The van der Waals surface area contributed by atoms with E-state index in [1.165, 1.54) is 0 Å². The van der Waals surface area contributed by atoms with Gasteiger partial charge < -0.3 is 15.7 Å². The van der Waals surface area contributed by atoms with Crippen LogP contribution in [0.1, 0.15) is 38.4 Å². The summed E-state index contributed by atoms with van der Waals surface area (Å²) < 4.78 is 0. The van der Waals surface area contributed by atoms with Crippen molar-refractivity contribution < 1.29 is 5.11 Å². The van der Waals surface area contributed by atoms with Gasteiger partial charge in [0.2, 0.25) is 0 Å². The quantitative estimate of drug-likeness (QED) is 0.746. The molecule has 0 saturated heterocycles. The van der Waals surface area contributed by atoms with E-state index in [4.69, 9.17) is 5.73 Å². The number of anilines is 1. The highest BCUT2D eigenvalue weighted by Crippen LogP contribution is 2.17. The summed E-state index contributed by atoms with van der Waals surface area (Å²) in [6, 6.07) is 7.98. The molecule has 0 aliphatic carbocycles. The van der Waals surface area contributed by atoms with E-state index in [9.17, 15) is 5.11 Å². The molecule has 0 aliphatic heterocycles. The summed E-state index contributed by atoms with van der Waals surface area (Å²) in [5.41, 5.74) is 7.29. The van der Waals surface area contributed by atoms with Gasteiger partial charge in [-0.3, -0.25) is 0 Å². The number of hydrogen-bond donors (Lipinski definition) is 2. The van der Waals surface area contributed by atoms with Crippen molar-refractivity contribution in [3.05, 3.63) is 29.8 Å². The van der Waals surface area contributed by atoms with Crippen molar-refractivity contribution in [2.24, 2.45) is 0 Å². The molecule has 17 heavy (non-hydrogen) atoms. The smallest absolute Gasteiger partial charge is 0.0916 e. The topological polar surface area (TPSA) is 49.5 Å². The van der Waals surface area contributed by atoms with E-state index in [0.717, 1.165) is 24.1 Å². The minimum Gasteiger partial charge on any atom is -0.399 e. The maximum atomic E-state index is 10.1. The van der Waals surface area contributed by atoms with Crippen LogP contribution in [-0.4, -0.2) is 29.6 Å². The van der Waals surface area contributed by atoms with Crippen molar-refractivity contribution in [1.82, 2.24) is 4.90 Å². The van der Waals surface area contributed by atoms with Crippen LogP contribution in [0.4, 0.5) is 5.69 Å². The highest BCUT2D eigenvalue weighted by Gasteiger charge is 2.15. The molecular weight excluding hydrogens is 212 g/mol. The number of aliphatic hydroxyl groups is 1. The maximum absolute atomic E-state index is 10.1. The Balaban J connectivity index is 2.59. The van der Waals surface area contributed by atoms with E-state index in [-0.39, 0.29) is 0 Å². The molecule has 0 spiro atoms. The van der Waals surface area contributed by atoms with Crippen molar-refractivity contribution in [3.8, 4) is 0 Å². The highest BCUT2D eigenvalue weighted by atomic mass is 16.3. The van der Waals surface area contributed by atoms with Crippen molar-refractivity contribution in [2.75, 3.05) is 19.3 Å². The number of rotatable bonds is 6. The van der Waals surface area contributed by atoms with Gasteiger partial charge in [0.05, 0.1) is 6.10 Å². The van der Waals surface area contributed by atoms with Gasteiger partial charge in [0.1, 0.15) is 0 Å². The number of aliphatic hydroxyl groups excluding tert-OH is 1. The van der Waals surface area contributed by atoms with Gasteiger partial charge in [-0.2, -0.15) is 0 Å². The zero-order valence-corrected chi connectivity index (χ0v) is 11.1. The Labute approximate surface area is 104 Å². The molecule has 1 aromatic carbocycles. The lowest BCUT2D eigenvalue weighted by Gasteiger charge is -2.28. The summed E-state index contributed by atoms with van der Waals surface area (Å²) in [5, 5.41) is 10.1. The monoisotopic (exact) mass is 236 g/mol. The third-order valence-corrected chi connectivity index (χ3v) is 3.35. The van der Waals surface area contributed by atoms with Gasteiger partial charge in [-0.25, -0.2) is 0 Å². The minimum absolute atomic E-state index is 0.443. The van der Waals surface area contributed by atoms with E-state index in [1.807, 2.05) is 24.3 Å². The van der Waals surface area contributed by atoms with Crippen molar-refractivity contribution in [3.63, 3.8) is 0 Å². The molecule has 0 saturated carbocycles. The second kappa shape index (κ2) is 6.62. The molecule has 0 amide bonds. The van der Waals surface area contributed by atoms with Crippen LogP contribution >= 0.6 is 0 Å². The molecule has 0 radical (unpaired) electrons. The van der Waals surface area contributed by atoms with Crippen LogP contribution in [0.3, 0.4) is 0 Å². The van der Waals surface area contributed by atoms with Crippen LogP contribution in [0, 0.1) is 0 Å². The van der Waals surface area contributed by atoms with Gasteiger partial charge >= 0.3 is 0 Å². The van der Waals surface area contributed by atoms with Crippen LogP contribution in [0.15, 0.2) is 24.3 Å². The molecule has 1 unspecified atom stereocenters. The van der Waals surface area contributed by atoms with Crippen LogP contribution in [-0.2, 0) is 0 Å². The predicted molar refractivity (Wildman–Crippen MR) is 72.8 cm³/mol. The minimum atomic E-state index is -0.443. The Morgan fingerprint density at radius 1 is 1.18 bits per heavy atom. The number of nitrogens with zero attached hydrogens (tertiary/aromatic N) is 1. The lowest BCUT2D eigenvalue weighted by atomic mass is 10.1. The van der Waals surface area contributed by atoms with Crippen molar-refractivity contribution in [2.45, 2.75) is 38.8 Å². The SMILES string of the molecule is CCC(CC)N(C)CC(O)c1ccc(N)cc1. The van der Waals surface area contributed by atoms with E-state index in [2.05, 4.69) is 25.8 Å². The third-order valence-electron chi connectivity index (χ3n) is 3.35. The molecule has 1 rings (SSSR count). The highest BCUT2D eigenvalue weighted by molar-refractivity contribution is 5.39. The Kier molecular flexibility index (Phi) is 5.45. The van der Waals surface area contributed by atoms with Crippen molar-refractivity contribution in [1.29, 1.82) is 0 Å². The van der Waals surface area contributed by atoms with Crippen LogP contribution in [0.2, 0.25) is 0 Å². The average molecular weight is 236 g/mol. The summed E-state index contributed by atoms with van der Waals surface area (Å²) in [7, 11) is 2.07. The summed E-state index contributed by atoms with van der Waals surface area (Å²) in [6.07, 6.45) is 1.78. The second-order valence-electron chi connectivity index (χ2n) is 4.59. The van der Waals surface area contributed by atoms with E-state index in [0.29, 0.717) is 12.6 Å². The van der Waals surface area contributed by atoms with E-state index in [1.54, 1.807) is 0 Å². The number of nitrogens with two attached hydrogens (primary N) is 1. The van der Waals surface area contributed by atoms with Gasteiger partial charge in [0.15, 0.2) is 0 Å². The fourth-order valence-electron chi connectivity index (χ4n) is 2.16. The van der Waals surface area contributed by atoms with Gasteiger partial charge in [-0.1, -0.05) is 26.0 Å². The molecule has 0 fully saturated rings. The molecule has 1 aromatic rings. The number of likely N-dealkylation sites (N-methyl/N-ethyl adjacent to an activating group) is 1. The largest absolute Gasteiger partial charge is 0.399 e. The normalized spacial score (nSPS) is 13.3. The first kappa shape index (κ1) is 14.0. The fraction of sp³-hybridized carbons (Fsp3) is 0.571. The Morgan fingerprint density at radius 2 is 1.71 bits per heavy atom. The zero-order valence-electron chi connectivity index (χ0n) is 11.1. The Hall–Kier alpha value is -1.06. The number of hydrogen-bond acceptors (Lipinski definition) is 3. The first-order chi connectivity index (χ1) is 8.08. The van der Waals surface area contributed by atoms with Gasteiger partial charge in [0.25, 0.3) is 0 Å². The van der Waals surface area contributed by atoms with Gasteiger partial charge in [0, 0.05) is 18.3 Å². The van der Waals surface area contributed by atoms with Crippen LogP contribution < -0.4 is 5.73 Å². The molecule has 96 valence electrons. The number of benzene rings is 1. The molecule has 0 heterocycles. The van der Waals surface area contributed by atoms with Crippen molar-refractivity contribution >= 4 is 5.69 Å². The summed E-state index contributed by atoms with van der Waals surface area (Å²) in [4.78, 5) is 2.22. The van der Waals surface area contributed by atoms with E-state index < -0.39 is 6.10 Å². The molecule has 0 aromatic heterocycles. The zero-order chi connectivity index (χ0) is 12.8.